The molecule has 0 aliphatic rings. The minimum atomic E-state index is -0.369. The van der Waals surface area contributed by atoms with Crippen molar-refractivity contribution in [2.45, 2.75) is 19.8 Å². The molecule has 1 aromatic rings. The zero-order valence-electron chi connectivity index (χ0n) is 14.3. The summed E-state index contributed by atoms with van der Waals surface area (Å²) in [6, 6.07) is 9.69. The lowest BCUT2D eigenvalue weighted by Crippen LogP contribution is -2.27. The molecule has 0 unspecified atom stereocenters. The Balaban J connectivity index is 2.31. The number of ether oxygens (including phenoxy) is 2. The van der Waals surface area contributed by atoms with Crippen LogP contribution in [-0.4, -0.2) is 39.3 Å². The van der Waals surface area contributed by atoms with Crippen molar-refractivity contribution in [3.8, 4) is 11.8 Å². The molecule has 0 saturated carbocycles. The van der Waals surface area contributed by atoms with Crippen molar-refractivity contribution >= 4 is 5.91 Å². The fourth-order valence-corrected chi connectivity index (χ4v) is 1.95. The maximum absolute atomic E-state index is 11.8. The fourth-order valence-electron chi connectivity index (χ4n) is 1.95. The molecule has 0 bridgehead atoms. The van der Waals surface area contributed by atoms with Crippen molar-refractivity contribution in [2.75, 3.05) is 33.4 Å². The van der Waals surface area contributed by atoms with E-state index in [1.807, 2.05) is 37.3 Å². The molecular formula is C18H25N3O3. The first kappa shape index (κ1) is 19.5. The molecule has 0 fully saturated rings. The average molecular weight is 331 g/mol. The summed E-state index contributed by atoms with van der Waals surface area (Å²) in [6.07, 6.45) is 2.97. The van der Waals surface area contributed by atoms with Crippen molar-refractivity contribution in [1.29, 1.82) is 5.26 Å². The Hall–Kier alpha value is -2.52. The van der Waals surface area contributed by atoms with Gasteiger partial charge in [0.05, 0.1) is 7.11 Å². The van der Waals surface area contributed by atoms with E-state index in [-0.39, 0.29) is 11.5 Å². The third kappa shape index (κ3) is 7.65. The zero-order chi connectivity index (χ0) is 17.6. The summed E-state index contributed by atoms with van der Waals surface area (Å²) in [5.41, 5.74) is 1.22. The van der Waals surface area contributed by atoms with Crippen LogP contribution in [0.25, 0.3) is 0 Å². The predicted octanol–water partition coefficient (Wildman–Crippen LogP) is 1.78. The molecule has 0 saturated heterocycles. The Labute approximate surface area is 143 Å². The molecule has 1 aromatic carbocycles. The van der Waals surface area contributed by atoms with E-state index in [0.717, 1.165) is 24.2 Å². The van der Waals surface area contributed by atoms with Crippen LogP contribution in [-0.2, 0) is 16.0 Å². The van der Waals surface area contributed by atoms with Crippen LogP contribution in [0.15, 0.2) is 36.0 Å². The van der Waals surface area contributed by atoms with Gasteiger partial charge in [-0.2, -0.15) is 5.26 Å². The quantitative estimate of drug-likeness (QED) is 0.367. The maximum atomic E-state index is 11.8. The smallest absolute Gasteiger partial charge is 0.263 e. The van der Waals surface area contributed by atoms with Crippen LogP contribution in [0.4, 0.5) is 0 Å². The molecule has 1 amide bonds. The molecule has 6 heteroatoms. The monoisotopic (exact) mass is 331 g/mol. The van der Waals surface area contributed by atoms with Gasteiger partial charge in [-0.05, 0) is 37.5 Å². The number of nitriles is 1. The second kappa shape index (κ2) is 12.0. The van der Waals surface area contributed by atoms with Gasteiger partial charge < -0.3 is 20.1 Å². The highest BCUT2D eigenvalue weighted by atomic mass is 16.5. The molecule has 0 atom stereocenters. The highest BCUT2D eigenvalue weighted by Crippen LogP contribution is 2.11. The molecule has 0 aromatic heterocycles. The lowest BCUT2D eigenvalue weighted by atomic mass is 10.1. The number of nitrogens with zero attached hydrogens (tertiary/aromatic N) is 1. The Morgan fingerprint density at radius 3 is 2.67 bits per heavy atom. The highest BCUT2D eigenvalue weighted by Gasteiger charge is 2.07. The Kier molecular flexibility index (Phi) is 9.74. The minimum absolute atomic E-state index is 0.0705. The molecule has 6 nitrogen and oxygen atoms in total. The van der Waals surface area contributed by atoms with E-state index in [2.05, 4.69) is 10.6 Å². The standard InChI is InChI=1S/C18H25N3O3/c1-3-24-12-4-10-21-18(22)16(13-19)14-20-11-9-15-5-7-17(23-2)8-6-15/h5-8,14,20H,3-4,9-12H2,1-2H3,(H,21,22)/b16-14-. The van der Waals surface area contributed by atoms with Crippen LogP contribution in [0.5, 0.6) is 5.75 Å². The normalized spacial score (nSPS) is 10.8. The summed E-state index contributed by atoms with van der Waals surface area (Å²) in [6.45, 7) is 4.31. The number of nitrogens with one attached hydrogen (secondary N) is 2. The number of rotatable bonds is 11. The van der Waals surface area contributed by atoms with Gasteiger partial charge in [-0.1, -0.05) is 12.1 Å². The Bertz CT molecular complexity index is 562. The van der Waals surface area contributed by atoms with Crippen molar-refractivity contribution in [3.63, 3.8) is 0 Å². The molecule has 2 N–H and O–H groups in total. The van der Waals surface area contributed by atoms with Crippen LogP contribution in [0, 0.1) is 11.3 Å². The van der Waals surface area contributed by atoms with Crippen LogP contribution < -0.4 is 15.4 Å². The first-order valence-corrected chi connectivity index (χ1v) is 8.03. The third-order valence-corrected chi connectivity index (χ3v) is 3.28. The van der Waals surface area contributed by atoms with Gasteiger partial charge in [0.2, 0.25) is 0 Å². The summed E-state index contributed by atoms with van der Waals surface area (Å²) in [5.74, 6) is 0.449. The van der Waals surface area contributed by atoms with Gasteiger partial charge in [0, 0.05) is 32.5 Å². The molecule has 0 heterocycles. The largest absolute Gasteiger partial charge is 0.497 e. The van der Waals surface area contributed by atoms with E-state index in [1.54, 1.807) is 7.11 Å². The number of carbonyl (C=O) groups excluding carboxylic acids is 1. The van der Waals surface area contributed by atoms with Crippen LogP contribution in [0.2, 0.25) is 0 Å². The summed E-state index contributed by atoms with van der Waals surface area (Å²) < 4.78 is 10.3. The first-order chi connectivity index (χ1) is 11.7. The average Bonchev–Trinajstić information content (AvgIpc) is 2.62. The molecule has 0 spiro atoms. The van der Waals surface area contributed by atoms with Crippen molar-refractivity contribution < 1.29 is 14.3 Å². The Morgan fingerprint density at radius 1 is 1.29 bits per heavy atom. The predicted molar refractivity (Wildman–Crippen MR) is 92.5 cm³/mol. The van der Waals surface area contributed by atoms with E-state index in [4.69, 9.17) is 14.7 Å². The molecule has 24 heavy (non-hydrogen) atoms. The highest BCUT2D eigenvalue weighted by molar-refractivity contribution is 5.97. The molecule has 0 radical (unpaired) electrons. The molecule has 130 valence electrons. The van der Waals surface area contributed by atoms with Crippen LogP contribution in [0.3, 0.4) is 0 Å². The van der Waals surface area contributed by atoms with Gasteiger partial charge in [-0.25, -0.2) is 0 Å². The van der Waals surface area contributed by atoms with E-state index in [0.29, 0.717) is 26.3 Å². The van der Waals surface area contributed by atoms with Crippen molar-refractivity contribution in [1.82, 2.24) is 10.6 Å². The molecule has 0 aliphatic carbocycles. The lowest BCUT2D eigenvalue weighted by molar-refractivity contribution is -0.117. The second-order valence-electron chi connectivity index (χ2n) is 5.03. The topological polar surface area (TPSA) is 83.4 Å². The Morgan fingerprint density at radius 2 is 2.04 bits per heavy atom. The third-order valence-electron chi connectivity index (χ3n) is 3.28. The number of amides is 1. The first-order valence-electron chi connectivity index (χ1n) is 8.03. The van der Waals surface area contributed by atoms with E-state index in [1.165, 1.54) is 6.20 Å². The van der Waals surface area contributed by atoms with E-state index < -0.39 is 0 Å². The van der Waals surface area contributed by atoms with Crippen molar-refractivity contribution in [2.24, 2.45) is 0 Å². The fraction of sp³-hybridized carbons (Fsp3) is 0.444. The van der Waals surface area contributed by atoms with E-state index >= 15 is 0 Å². The van der Waals surface area contributed by atoms with Gasteiger partial charge in [0.15, 0.2) is 0 Å². The molecular weight excluding hydrogens is 306 g/mol. The number of methoxy groups -OCH3 is 1. The van der Waals surface area contributed by atoms with Gasteiger partial charge >= 0.3 is 0 Å². The van der Waals surface area contributed by atoms with Crippen LogP contribution in [0.1, 0.15) is 18.9 Å². The number of hydrogen-bond donors (Lipinski definition) is 2. The number of carbonyl (C=O) groups is 1. The summed E-state index contributed by atoms with van der Waals surface area (Å²) in [5, 5.41) is 14.8. The van der Waals surface area contributed by atoms with Crippen LogP contribution >= 0.6 is 0 Å². The van der Waals surface area contributed by atoms with Gasteiger partial charge in [0.1, 0.15) is 17.4 Å². The molecule has 0 aliphatic heterocycles. The van der Waals surface area contributed by atoms with Crippen molar-refractivity contribution in [3.05, 3.63) is 41.6 Å². The lowest BCUT2D eigenvalue weighted by Gasteiger charge is -2.06. The summed E-state index contributed by atoms with van der Waals surface area (Å²) >= 11 is 0. The maximum Gasteiger partial charge on any atom is 0.263 e. The summed E-state index contributed by atoms with van der Waals surface area (Å²) in [4.78, 5) is 11.8. The SMILES string of the molecule is CCOCCCNC(=O)/C(C#N)=C\NCCc1ccc(OC)cc1. The summed E-state index contributed by atoms with van der Waals surface area (Å²) in [7, 11) is 1.63. The molecule has 1 rings (SSSR count). The number of benzene rings is 1. The van der Waals surface area contributed by atoms with E-state index in [9.17, 15) is 4.79 Å². The zero-order valence-corrected chi connectivity index (χ0v) is 14.3. The second-order valence-corrected chi connectivity index (χ2v) is 5.03. The van der Waals surface area contributed by atoms with Gasteiger partial charge in [-0.3, -0.25) is 4.79 Å². The number of hydrogen-bond acceptors (Lipinski definition) is 5. The minimum Gasteiger partial charge on any atom is -0.497 e. The van der Waals surface area contributed by atoms with Gasteiger partial charge in [0.25, 0.3) is 5.91 Å². The van der Waals surface area contributed by atoms with Gasteiger partial charge in [-0.15, -0.1) is 0 Å².